The Morgan fingerprint density at radius 1 is 0.778 bits per heavy atom. The number of esters is 2. The number of hydrogen-bond donors (Lipinski definition) is 1. The van der Waals surface area contributed by atoms with Crippen LogP contribution in [0.2, 0.25) is 0 Å². The van der Waals surface area contributed by atoms with Gasteiger partial charge in [-0.05, 0) is 30.3 Å². The fourth-order valence-electron chi connectivity index (χ4n) is 2.82. The van der Waals surface area contributed by atoms with Gasteiger partial charge in [0.15, 0.2) is 12.2 Å². The highest BCUT2D eigenvalue weighted by atomic mass is 16.6. The number of hydrogen-bond acceptors (Lipinski definition) is 6. The summed E-state index contributed by atoms with van der Waals surface area (Å²) in [4.78, 5) is 24.8. The van der Waals surface area contributed by atoms with Crippen molar-refractivity contribution in [2.45, 2.75) is 24.4 Å². The highest BCUT2D eigenvalue weighted by Gasteiger charge is 2.40. The second-order valence-corrected chi connectivity index (χ2v) is 6.05. The lowest BCUT2D eigenvalue weighted by Crippen LogP contribution is -2.50. The Bertz CT molecular complexity index is 802. The Labute approximate surface area is 157 Å². The summed E-state index contributed by atoms with van der Waals surface area (Å²) >= 11 is 0. The molecule has 3 rings (SSSR count). The van der Waals surface area contributed by atoms with E-state index in [1.165, 1.54) is 7.11 Å². The van der Waals surface area contributed by atoms with Crippen LogP contribution in [0.15, 0.2) is 72.8 Å². The van der Waals surface area contributed by atoms with Gasteiger partial charge >= 0.3 is 11.9 Å². The molecule has 0 aromatic heterocycles. The van der Waals surface area contributed by atoms with Crippen molar-refractivity contribution in [3.05, 3.63) is 83.9 Å². The summed E-state index contributed by atoms with van der Waals surface area (Å²) in [5.74, 6) is -1.19. The molecule has 0 bridgehead atoms. The molecular weight excluding hydrogens is 348 g/mol. The van der Waals surface area contributed by atoms with Crippen molar-refractivity contribution < 1.29 is 28.9 Å². The summed E-state index contributed by atoms with van der Waals surface area (Å²) in [6.45, 7) is 0. The van der Waals surface area contributed by atoms with Gasteiger partial charge in [0.25, 0.3) is 0 Å². The zero-order valence-electron chi connectivity index (χ0n) is 14.7. The maximum Gasteiger partial charge on any atom is 0.338 e. The molecule has 0 unspecified atom stereocenters. The molecule has 2 aromatic rings. The smallest absolute Gasteiger partial charge is 0.338 e. The summed E-state index contributed by atoms with van der Waals surface area (Å²) in [5.41, 5.74) is 0.698. The minimum absolute atomic E-state index is 0.335. The van der Waals surface area contributed by atoms with E-state index in [9.17, 15) is 14.7 Å². The Balaban J connectivity index is 1.79. The maximum atomic E-state index is 12.4. The molecule has 1 aliphatic carbocycles. The molecule has 27 heavy (non-hydrogen) atoms. The SMILES string of the molecule is CO[C@@H]1C=C[C@H](OC(=O)c2ccccc2)[C@H](OC(=O)c2ccccc2)[C@H]1O. The lowest BCUT2D eigenvalue weighted by molar-refractivity contribution is -0.109. The van der Waals surface area contributed by atoms with Gasteiger partial charge in [0.1, 0.15) is 12.2 Å². The van der Waals surface area contributed by atoms with Crippen LogP contribution in [-0.4, -0.2) is 48.6 Å². The standard InChI is InChI=1S/C21H20O6/c1-25-16-12-13-17(26-20(23)14-8-4-2-5-9-14)19(18(16)22)27-21(24)15-10-6-3-7-11-15/h2-13,16-19,22H,1H3/t16-,17+,18+,19+/m1/s1. The van der Waals surface area contributed by atoms with Crippen LogP contribution < -0.4 is 0 Å². The highest BCUT2D eigenvalue weighted by molar-refractivity contribution is 5.90. The first kappa shape index (κ1) is 18.8. The van der Waals surface area contributed by atoms with Gasteiger partial charge in [-0.1, -0.05) is 42.5 Å². The first-order chi connectivity index (χ1) is 13.1. The summed E-state index contributed by atoms with van der Waals surface area (Å²) in [5, 5.41) is 10.5. The lowest BCUT2D eigenvalue weighted by Gasteiger charge is -2.34. The highest BCUT2D eigenvalue weighted by Crippen LogP contribution is 2.23. The van der Waals surface area contributed by atoms with Crippen LogP contribution in [0.4, 0.5) is 0 Å². The largest absolute Gasteiger partial charge is 0.452 e. The van der Waals surface area contributed by atoms with Gasteiger partial charge in [-0.15, -0.1) is 0 Å². The predicted octanol–water partition coefficient (Wildman–Crippen LogP) is 2.38. The Morgan fingerprint density at radius 2 is 1.26 bits per heavy atom. The summed E-state index contributed by atoms with van der Waals surface area (Å²) < 4.78 is 16.1. The molecule has 6 nitrogen and oxygen atoms in total. The quantitative estimate of drug-likeness (QED) is 0.645. The van der Waals surface area contributed by atoms with Gasteiger partial charge in [0.05, 0.1) is 11.1 Å². The number of methoxy groups -OCH3 is 1. The van der Waals surface area contributed by atoms with E-state index >= 15 is 0 Å². The molecule has 6 heteroatoms. The zero-order chi connectivity index (χ0) is 19.2. The molecule has 2 aromatic carbocycles. The van der Waals surface area contributed by atoms with Crippen molar-refractivity contribution in [2.75, 3.05) is 7.11 Å². The van der Waals surface area contributed by atoms with Crippen molar-refractivity contribution in [2.24, 2.45) is 0 Å². The van der Waals surface area contributed by atoms with Crippen molar-refractivity contribution in [3.63, 3.8) is 0 Å². The maximum absolute atomic E-state index is 12.4. The number of aliphatic hydroxyl groups excluding tert-OH is 1. The lowest BCUT2D eigenvalue weighted by atomic mass is 9.95. The molecule has 0 fully saturated rings. The van der Waals surface area contributed by atoms with E-state index in [0.717, 1.165) is 0 Å². The average molecular weight is 368 g/mol. The van der Waals surface area contributed by atoms with E-state index < -0.39 is 36.4 Å². The van der Waals surface area contributed by atoms with Gasteiger partial charge in [0.2, 0.25) is 0 Å². The van der Waals surface area contributed by atoms with Crippen LogP contribution in [0.25, 0.3) is 0 Å². The van der Waals surface area contributed by atoms with E-state index in [2.05, 4.69) is 0 Å². The molecule has 0 spiro atoms. The molecule has 140 valence electrons. The second kappa shape index (κ2) is 8.62. The Morgan fingerprint density at radius 3 is 1.78 bits per heavy atom. The van der Waals surface area contributed by atoms with Crippen molar-refractivity contribution in [3.8, 4) is 0 Å². The van der Waals surface area contributed by atoms with Gasteiger partial charge < -0.3 is 19.3 Å². The number of carbonyl (C=O) groups is 2. The molecule has 1 aliphatic rings. The van der Waals surface area contributed by atoms with Gasteiger partial charge in [-0.25, -0.2) is 9.59 Å². The third kappa shape index (κ3) is 4.42. The van der Waals surface area contributed by atoms with Crippen LogP contribution in [0.3, 0.4) is 0 Å². The number of rotatable bonds is 5. The van der Waals surface area contributed by atoms with E-state index in [1.807, 2.05) is 0 Å². The van der Waals surface area contributed by atoms with E-state index in [4.69, 9.17) is 14.2 Å². The molecular formula is C21H20O6. The molecule has 0 aliphatic heterocycles. The van der Waals surface area contributed by atoms with E-state index in [-0.39, 0.29) is 0 Å². The summed E-state index contributed by atoms with van der Waals surface area (Å²) in [6.07, 6.45) is -0.746. The molecule has 0 saturated heterocycles. The first-order valence-corrected chi connectivity index (χ1v) is 8.51. The summed E-state index contributed by atoms with van der Waals surface area (Å²) in [7, 11) is 1.44. The van der Waals surface area contributed by atoms with Crippen LogP contribution in [0, 0.1) is 0 Å². The van der Waals surface area contributed by atoms with Gasteiger partial charge in [0, 0.05) is 7.11 Å². The number of ether oxygens (including phenoxy) is 3. The second-order valence-electron chi connectivity index (χ2n) is 6.05. The normalized spacial score (nSPS) is 24.2. The van der Waals surface area contributed by atoms with Crippen molar-refractivity contribution in [1.82, 2.24) is 0 Å². The molecule has 4 atom stereocenters. The van der Waals surface area contributed by atoms with Crippen LogP contribution >= 0.6 is 0 Å². The fraction of sp³-hybridized carbons (Fsp3) is 0.238. The van der Waals surface area contributed by atoms with Crippen molar-refractivity contribution in [1.29, 1.82) is 0 Å². The summed E-state index contributed by atoms with van der Waals surface area (Å²) in [6, 6.07) is 16.9. The topological polar surface area (TPSA) is 82.1 Å². The van der Waals surface area contributed by atoms with E-state index in [0.29, 0.717) is 11.1 Å². The van der Waals surface area contributed by atoms with Crippen LogP contribution in [0.5, 0.6) is 0 Å². The number of carbonyl (C=O) groups excluding carboxylic acids is 2. The Kier molecular flexibility index (Phi) is 6.01. The Hall–Kier alpha value is -2.96. The minimum atomic E-state index is -1.18. The first-order valence-electron chi connectivity index (χ1n) is 8.51. The average Bonchev–Trinajstić information content (AvgIpc) is 2.72. The van der Waals surface area contributed by atoms with E-state index in [1.54, 1.807) is 72.8 Å². The monoisotopic (exact) mass is 368 g/mol. The predicted molar refractivity (Wildman–Crippen MR) is 97.2 cm³/mol. The third-order valence-electron chi connectivity index (χ3n) is 4.26. The van der Waals surface area contributed by atoms with Crippen LogP contribution in [0.1, 0.15) is 20.7 Å². The fourth-order valence-corrected chi connectivity index (χ4v) is 2.82. The molecule has 0 amide bonds. The van der Waals surface area contributed by atoms with Gasteiger partial charge in [-0.3, -0.25) is 0 Å². The number of aliphatic hydroxyl groups is 1. The third-order valence-corrected chi connectivity index (χ3v) is 4.26. The van der Waals surface area contributed by atoms with Crippen molar-refractivity contribution >= 4 is 11.9 Å². The molecule has 0 radical (unpaired) electrons. The zero-order valence-corrected chi connectivity index (χ0v) is 14.7. The van der Waals surface area contributed by atoms with Crippen LogP contribution in [-0.2, 0) is 14.2 Å². The molecule has 0 saturated carbocycles. The number of benzene rings is 2. The molecule has 0 heterocycles. The van der Waals surface area contributed by atoms with Gasteiger partial charge in [-0.2, -0.15) is 0 Å². The minimum Gasteiger partial charge on any atom is -0.452 e. The molecule has 1 N–H and O–H groups in total.